The summed E-state index contributed by atoms with van der Waals surface area (Å²) in [4.78, 5) is 0. The van der Waals surface area contributed by atoms with Gasteiger partial charge in [0.1, 0.15) is 0 Å². The van der Waals surface area contributed by atoms with Crippen LogP contribution in [-0.4, -0.2) is 0 Å². The molecule has 0 saturated carbocycles. The second-order valence-electron chi connectivity index (χ2n) is 1.02. The summed E-state index contributed by atoms with van der Waals surface area (Å²) in [6.07, 6.45) is 1.25. The van der Waals surface area contributed by atoms with Crippen molar-refractivity contribution in [1.82, 2.24) is 0 Å². The summed E-state index contributed by atoms with van der Waals surface area (Å²) in [7, 11) is 0. The van der Waals surface area contributed by atoms with Crippen molar-refractivity contribution in [1.29, 1.82) is 10.5 Å². The molecule has 54 valence electrons. The van der Waals surface area contributed by atoms with Crippen molar-refractivity contribution in [2.45, 2.75) is 26.7 Å². The monoisotopic (exact) mass is 216 g/mol. The number of hydrogen-bond acceptors (Lipinski definition) is 2. The van der Waals surface area contributed by atoms with Gasteiger partial charge in [0.05, 0.1) is 12.1 Å². The Morgan fingerprint density at radius 1 is 1.00 bits per heavy atom. The first-order valence-electron chi connectivity index (χ1n) is 2.57. The largest absolute Gasteiger partial charge is 0.198 e. The molecule has 0 saturated heterocycles. The van der Waals surface area contributed by atoms with Crippen molar-refractivity contribution < 1.29 is 20.4 Å². The van der Waals surface area contributed by atoms with Gasteiger partial charge in [-0.05, 0) is 0 Å². The summed E-state index contributed by atoms with van der Waals surface area (Å²) in [6, 6.07) is 3.86. The van der Waals surface area contributed by atoms with Gasteiger partial charge in [0.2, 0.25) is 0 Å². The van der Waals surface area contributed by atoms with E-state index in [1.807, 2.05) is 26.0 Å². The van der Waals surface area contributed by atoms with E-state index < -0.39 is 0 Å². The van der Waals surface area contributed by atoms with E-state index in [4.69, 9.17) is 10.5 Å². The van der Waals surface area contributed by atoms with Gasteiger partial charge in [-0.15, -0.1) is 0 Å². The van der Waals surface area contributed by atoms with Crippen LogP contribution in [0, 0.1) is 22.7 Å². The molecular weight excluding hydrogens is 206 g/mol. The zero-order valence-corrected chi connectivity index (χ0v) is 7.18. The van der Waals surface area contributed by atoms with Crippen LogP contribution < -0.4 is 0 Å². The topological polar surface area (TPSA) is 47.6 Å². The fourth-order valence-corrected chi connectivity index (χ4v) is 0. The fraction of sp³-hybridized carbons (Fsp3) is 0.667. The Balaban J connectivity index is -0.0000000720. The molecule has 0 aromatic rings. The van der Waals surface area contributed by atoms with Crippen LogP contribution in [0.5, 0.6) is 0 Å². The van der Waals surface area contributed by atoms with Crippen LogP contribution in [0.1, 0.15) is 26.7 Å². The summed E-state index contributed by atoms with van der Waals surface area (Å²) in [5, 5.41) is 15.2. The fourth-order valence-electron chi connectivity index (χ4n) is 0. The molecular formula is C6H10N2Pd. The van der Waals surface area contributed by atoms with E-state index in [0.29, 0.717) is 12.8 Å². The van der Waals surface area contributed by atoms with E-state index in [1.165, 1.54) is 0 Å². The average molecular weight is 217 g/mol. The van der Waals surface area contributed by atoms with E-state index in [2.05, 4.69) is 0 Å². The van der Waals surface area contributed by atoms with Crippen LogP contribution in [0.25, 0.3) is 0 Å². The Morgan fingerprint density at radius 2 is 1.11 bits per heavy atom. The van der Waals surface area contributed by atoms with Gasteiger partial charge in [0.15, 0.2) is 0 Å². The van der Waals surface area contributed by atoms with E-state index in [0.717, 1.165) is 0 Å². The first-order valence-corrected chi connectivity index (χ1v) is 2.57. The van der Waals surface area contributed by atoms with Crippen LogP contribution in [0.2, 0.25) is 0 Å². The van der Waals surface area contributed by atoms with Crippen LogP contribution in [0.3, 0.4) is 0 Å². The number of rotatable bonds is 0. The summed E-state index contributed by atoms with van der Waals surface area (Å²) < 4.78 is 0. The molecule has 0 fully saturated rings. The van der Waals surface area contributed by atoms with Crippen LogP contribution >= 0.6 is 0 Å². The van der Waals surface area contributed by atoms with Gasteiger partial charge >= 0.3 is 0 Å². The summed E-state index contributed by atoms with van der Waals surface area (Å²) >= 11 is 0. The minimum atomic E-state index is 0. The van der Waals surface area contributed by atoms with Crippen molar-refractivity contribution in [3.63, 3.8) is 0 Å². The molecule has 0 aliphatic heterocycles. The van der Waals surface area contributed by atoms with Crippen LogP contribution in [0.15, 0.2) is 0 Å². The molecule has 0 heterocycles. The zero-order valence-electron chi connectivity index (χ0n) is 5.62. The van der Waals surface area contributed by atoms with Crippen molar-refractivity contribution in [2.24, 2.45) is 0 Å². The molecule has 0 radical (unpaired) electrons. The molecule has 0 unspecified atom stereocenters. The quantitative estimate of drug-likeness (QED) is 0.580. The smallest absolute Gasteiger partial charge is 0.0618 e. The van der Waals surface area contributed by atoms with Crippen molar-refractivity contribution in [2.75, 3.05) is 0 Å². The van der Waals surface area contributed by atoms with E-state index in [1.54, 1.807) is 0 Å². The molecule has 0 aromatic carbocycles. The second kappa shape index (κ2) is 25.4. The molecule has 0 aliphatic carbocycles. The Hall–Kier alpha value is -0.358. The molecule has 0 N–H and O–H groups in total. The normalized spacial score (nSPS) is 4.44. The Labute approximate surface area is 70.1 Å². The van der Waals surface area contributed by atoms with E-state index in [-0.39, 0.29) is 20.4 Å². The van der Waals surface area contributed by atoms with Crippen molar-refractivity contribution in [3.05, 3.63) is 0 Å². The third kappa shape index (κ3) is 90.2. The Bertz CT molecular complexity index is 84.6. The molecule has 0 amide bonds. The van der Waals surface area contributed by atoms with Crippen molar-refractivity contribution in [3.8, 4) is 12.1 Å². The molecule has 0 bridgehead atoms. The van der Waals surface area contributed by atoms with Gasteiger partial charge in [-0.2, -0.15) is 10.5 Å². The second-order valence-corrected chi connectivity index (χ2v) is 1.02. The molecule has 3 heteroatoms. The molecule has 2 nitrogen and oxygen atoms in total. The van der Waals surface area contributed by atoms with Gasteiger partial charge < -0.3 is 0 Å². The predicted octanol–water partition coefficient (Wildman–Crippen LogP) is 1.84. The van der Waals surface area contributed by atoms with E-state index in [9.17, 15) is 0 Å². The van der Waals surface area contributed by atoms with Crippen LogP contribution in [-0.2, 0) is 20.4 Å². The third-order valence-corrected chi connectivity index (χ3v) is 0.316. The van der Waals surface area contributed by atoms with E-state index >= 15 is 0 Å². The van der Waals surface area contributed by atoms with Crippen LogP contribution in [0.4, 0.5) is 0 Å². The number of hydrogen-bond donors (Lipinski definition) is 0. The first-order chi connectivity index (χ1) is 3.83. The maximum atomic E-state index is 7.62. The number of nitriles is 2. The molecule has 0 spiro atoms. The summed E-state index contributed by atoms with van der Waals surface area (Å²) in [5.74, 6) is 0. The zero-order chi connectivity index (χ0) is 6.83. The Kier molecular flexibility index (Phi) is 44.8. The van der Waals surface area contributed by atoms with Gasteiger partial charge in [-0.25, -0.2) is 0 Å². The van der Waals surface area contributed by atoms with Gasteiger partial charge in [-0.3, -0.25) is 0 Å². The molecule has 9 heavy (non-hydrogen) atoms. The SMILES string of the molecule is CCC#N.CCC#N.[Pd]. The third-order valence-electron chi connectivity index (χ3n) is 0.316. The van der Waals surface area contributed by atoms with Crippen molar-refractivity contribution >= 4 is 0 Å². The molecule has 0 atom stereocenters. The molecule has 0 rings (SSSR count). The predicted molar refractivity (Wildman–Crippen MR) is 31.8 cm³/mol. The van der Waals surface area contributed by atoms with Gasteiger partial charge in [0.25, 0.3) is 0 Å². The molecule has 0 aliphatic rings. The minimum absolute atomic E-state index is 0. The number of nitrogens with zero attached hydrogens (tertiary/aromatic N) is 2. The maximum absolute atomic E-state index is 7.62. The first kappa shape index (κ1) is 15.9. The maximum Gasteiger partial charge on any atom is 0.0618 e. The average Bonchev–Trinajstić information content (AvgIpc) is 1.88. The standard InChI is InChI=1S/2C3H5N.Pd/c2*1-2-3-4;/h2*2H2,1H3;. The molecule has 0 aromatic heterocycles. The summed E-state index contributed by atoms with van der Waals surface area (Å²) in [6.45, 7) is 3.64. The minimum Gasteiger partial charge on any atom is -0.198 e. The van der Waals surface area contributed by atoms with Gasteiger partial charge in [-0.1, -0.05) is 13.8 Å². The summed E-state index contributed by atoms with van der Waals surface area (Å²) in [5.41, 5.74) is 0. The Morgan fingerprint density at radius 3 is 1.11 bits per heavy atom. The van der Waals surface area contributed by atoms with Gasteiger partial charge in [0, 0.05) is 33.3 Å².